The van der Waals surface area contributed by atoms with Crippen LogP contribution in [0.3, 0.4) is 0 Å². The summed E-state index contributed by atoms with van der Waals surface area (Å²) in [5, 5.41) is 10.4. The van der Waals surface area contributed by atoms with Gasteiger partial charge in [-0.05, 0) is 55.7 Å². The first-order chi connectivity index (χ1) is 11.1. The number of anilines is 1. The summed E-state index contributed by atoms with van der Waals surface area (Å²) < 4.78 is 13.4. The third-order valence-electron chi connectivity index (χ3n) is 5.55. The van der Waals surface area contributed by atoms with Crippen molar-refractivity contribution in [1.82, 2.24) is 10.2 Å². The zero-order valence-corrected chi connectivity index (χ0v) is 14.1. The fraction of sp³-hybridized carbons (Fsp3) is 0.529. The van der Waals surface area contributed by atoms with E-state index in [4.69, 9.17) is 5.73 Å². The number of hydrogen-bond acceptors (Lipinski definition) is 3. The van der Waals surface area contributed by atoms with E-state index in [1.807, 2.05) is 0 Å². The molecule has 2 unspecified atom stereocenters. The number of nitrogens with two attached hydrogens (primary N) is 1. The second kappa shape index (κ2) is 6.69. The molecule has 0 spiro atoms. The number of carbonyl (C=O) groups is 1. The van der Waals surface area contributed by atoms with Gasteiger partial charge in [-0.2, -0.15) is 5.10 Å². The van der Waals surface area contributed by atoms with Crippen LogP contribution in [-0.2, 0) is 4.79 Å². The monoisotopic (exact) mass is 352 g/mol. The fourth-order valence-electron chi connectivity index (χ4n) is 4.30. The van der Waals surface area contributed by atoms with Gasteiger partial charge < -0.3 is 11.1 Å². The number of fused-ring (bicyclic) bond motifs is 3. The van der Waals surface area contributed by atoms with E-state index in [2.05, 4.69) is 15.5 Å². The molecule has 4 rings (SSSR count). The van der Waals surface area contributed by atoms with E-state index in [1.54, 1.807) is 6.07 Å². The van der Waals surface area contributed by atoms with Gasteiger partial charge in [-0.15, -0.1) is 12.4 Å². The Morgan fingerprint density at radius 2 is 2.00 bits per heavy atom. The summed E-state index contributed by atoms with van der Waals surface area (Å²) in [6.45, 7) is 0. The Morgan fingerprint density at radius 3 is 2.71 bits per heavy atom. The minimum atomic E-state index is -0.340. The average molecular weight is 353 g/mol. The van der Waals surface area contributed by atoms with Crippen molar-refractivity contribution in [1.29, 1.82) is 0 Å². The molecule has 2 saturated carbocycles. The van der Waals surface area contributed by atoms with E-state index >= 15 is 0 Å². The molecule has 0 saturated heterocycles. The third kappa shape index (κ3) is 3.00. The molecule has 2 aliphatic rings. The molecule has 24 heavy (non-hydrogen) atoms. The second-order valence-corrected chi connectivity index (χ2v) is 6.95. The third-order valence-corrected chi connectivity index (χ3v) is 5.55. The molecular formula is C17H22ClFN4O. The molecule has 4 N–H and O–H groups in total. The molecular weight excluding hydrogens is 331 g/mol. The van der Waals surface area contributed by atoms with Crippen molar-refractivity contribution in [2.24, 2.45) is 23.5 Å². The van der Waals surface area contributed by atoms with E-state index in [0.29, 0.717) is 28.6 Å². The standard InChI is InChI=1S/C17H21FN4O.ClH/c18-12-4-5-14-13(8-12)16(22-21-14)20-17(23)11-6-9-2-1-3-10(7-11)15(9)19;/h4-5,8-11,15H,1-3,6-7,19H2,(H2,20,21,22,23);1H. The molecule has 2 aliphatic carbocycles. The van der Waals surface area contributed by atoms with Crippen molar-refractivity contribution in [2.45, 2.75) is 38.1 Å². The van der Waals surface area contributed by atoms with Crippen molar-refractivity contribution in [3.05, 3.63) is 24.0 Å². The number of rotatable bonds is 2. The minimum absolute atomic E-state index is 0. The SMILES string of the molecule is Cl.NC1C2CCCC1CC(C(=O)Nc1n[nH]c3ccc(F)cc13)C2. The quantitative estimate of drug-likeness (QED) is 0.776. The van der Waals surface area contributed by atoms with Gasteiger partial charge in [0, 0.05) is 17.3 Å². The molecule has 2 atom stereocenters. The summed E-state index contributed by atoms with van der Waals surface area (Å²) in [5.41, 5.74) is 7.00. The Hall–Kier alpha value is -1.66. The van der Waals surface area contributed by atoms with Crippen LogP contribution in [0.15, 0.2) is 18.2 Å². The predicted octanol–water partition coefficient (Wildman–Crippen LogP) is 3.22. The number of aromatic nitrogens is 2. The van der Waals surface area contributed by atoms with Gasteiger partial charge in [0.2, 0.25) is 5.91 Å². The highest BCUT2D eigenvalue weighted by Crippen LogP contribution is 2.42. The number of halogens is 2. The van der Waals surface area contributed by atoms with Crippen LogP contribution >= 0.6 is 12.4 Å². The highest BCUT2D eigenvalue weighted by atomic mass is 35.5. The molecule has 2 aromatic rings. The van der Waals surface area contributed by atoms with Crippen LogP contribution in [0.4, 0.5) is 10.2 Å². The molecule has 5 nitrogen and oxygen atoms in total. The van der Waals surface area contributed by atoms with E-state index in [1.165, 1.54) is 18.6 Å². The summed E-state index contributed by atoms with van der Waals surface area (Å²) in [7, 11) is 0. The van der Waals surface area contributed by atoms with Gasteiger partial charge in [0.1, 0.15) is 5.82 Å². The number of H-pyrrole nitrogens is 1. The van der Waals surface area contributed by atoms with Gasteiger partial charge in [-0.3, -0.25) is 9.89 Å². The zero-order valence-electron chi connectivity index (χ0n) is 13.3. The Morgan fingerprint density at radius 1 is 1.29 bits per heavy atom. The predicted molar refractivity (Wildman–Crippen MR) is 93.5 cm³/mol. The lowest BCUT2D eigenvalue weighted by atomic mass is 9.65. The Balaban J connectivity index is 0.00000169. The lowest BCUT2D eigenvalue weighted by molar-refractivity contribution is -0.122. The first-order valence-corrected chi connectivity index (χ1v) is 8.32. The van der Waals surface area contributed by atoms with Gasteiger partial charge >= 0.3 is 0 Å². The summed E-state index contributed by atoms with van der Waals surface area (Å²) in [5.74, 6) is 0.923. The van der Waals surface area contributed by atoms with E-state index in [9.17, 15) is 9.18 Å². The van der Waals surface area contributed by atoms with E-state index < -0.39 is 0 Å². The van der Waals surface area contributed by atoms with Gasteiger partial charge in [0.05, 0.1) is 5.52 Å². The van der Waals surface area contributed by atoms with E-state index in [-0.39, 0.29) is 36.1 Å². The fourth-order valence-corrected chi connectivity index (χ4v) is 4.30. The molecule has 7 heteroatoms. The van der Waals surface area contributed by atoms with Crippen molar-refractivity contribution in [3.63, 3.8) is 0 Å². The van der Waals surface area contributed by atoms with Crippen LogP contribution in [0.1, 0.15) is 32.1 Å². The summed E-state index contributed by atoms with van der Waals surface area (Å²) in [6.07, 6.45) is 5.16. The summed E-state index contributed by atoms with van der Waals surface area (Å²) in [6, 6.07) is 4.63. The summed E-state index contributed by atoms with van der Waals surface area (Å²) >= 11 is 0. The zero-order chi connectivity index (χ0) is 16.0. The summed E-state index contributed by atoms with van der Waals surface area (Å²) in [4.78, 5) is 12.6. The molecule has 1 amide bonds. The number of nitrogens with zero attached hydrogens (tertiary/aromatic N) is 1. The average Bonchev–Trinajstić information content (AvgIpc) is 2.89. The molecule has 1 aromatic heterocycles. The molecule has 130 valence electrons. The first-order valence-electron chi connectivity index (χ1n) is 8.32. The van der Waals surface area contributed by atoms with Gasteiger partial charge in [0.25, 0.3) is 0 Å². The van der Waals surface area contributed by atoms with Gasteiger partial charge in [0.15, 0.2) is 5.82 Å². The second-order valence-electron chi connectivity index (χ2n) is 6.95. The minimum Gasteiger partial charge on any atom is -0.327 e. The highest BCUT2D eigenvalue weighted by molar-refractivity contribution is 6.00. The van der Waals surface area contributed by atoms with Crippen LogP contribution in [0, 0.1) is 23.6 Å². The van der Waals surface area contributed by atoms with Crippen molar-refractivity contribution in [2.75, 3.05) is 5.32 Å². The molecule has 1 heterocycles. The molecule has 0 radical (unpaired) electrons. The van der Waals surface area contributed by atoms with Crippen LogP contribution in [0.5, 0.6) is 0 Å². The Kier molecular flexibility index (Phi) is 4.78. The van der Waals surface area contributed by atoms with Gasteiger partial charge in [-0.1, -0.05) is 6.42 Å². The lowest BCUT2D eigenvalue weighted by Crippen LogP contribution is -2.48. The van der Waals surface area contributed by atoms with Gasteiger partial charge in [-0.25, -0.2) is 4.39 Å². The molecule has 1 aromatic carbocycles. The van der Waals surface area contributed by atoms with Crippen LogP contribution < -0.4 is 11.1 Å². The Bertz CT molecular complexity index is 735. The topological polar surface area (TPSA) is 83.8 Å². The highest BCUT2D eigenvalue weighted by Gasteiger charge is 2.40. The molecule has 0 aliphatic heterocycles. The molecule has 2 bridgehead atoms. The number of nitrogens with one attached hydrogen (secondary N) is 2. The Labute approximate surface area is 146 Å². The molecule has 2 fully saturated rings. The van der Waals surface area contributed by atoms with Crippen molar-refractivity contribution < 1.29 is 9.18 Å². The normalized spacial score (nSPS) is 29.1. The van der Waals surface area contributed by atoms with Crippen molar-refractivity contribution >= 4 is 35.0 Å². The van der Waals surface area contributed by atoms with Crippen molar-refractivity contribution in [3.8, 4) is 0 Å². The lowest BCUT2D eigenvalue weighted by Gasteiger charge is -2.43. The van der Waals surface area contributed by atoms with Crippen LogP contribution in [0.2, 0.25) is 0 Å². The number of carbonyl (C=O) groups excluding carboxylic acids is 1. The maximum absolute atomic E-state index is 13.4. The largest absolute Gasteiger partial charge is 0.327 e. The number of amides is 1. The number of hydrogen-bond donors (Lipinski definition) is 3. The van der Waals surface area contributed by atoms with Crippen LogP contribution in [0.25, 0.3) is 10.9 Å². The maximum Gasteiger partial charge on any atom is 0.228 e. The first kappa shape index (κ1) is 17.2. The van der Waals surface area contributed by atoms with Crippen LogP contribution in [-0.4, -0.2) is 22.1 Å². The number of benzene rings is 1. The maximum atomic E-state index is 13.4. The smallest absolute Gasteiger partial charge is 0.228 e. The van der Waals surface area contributed by atoms with E-state index in [0.717, 1.165) is 25.7 Å². The number of aromatic amines is 1.